The van der Waals surface area contributed by atoms with Crippen molar-refractivity contribution >= 4 is 11.8 Å². The predicted molar refractivity (Wildman–Crippen MR) is 107 cm³/mol. The molecule has 0 radical (unpaired) electrons. The monoisotopic (exact) mass is 358 g/mol. The van der Waals surface area contributed by atoms with Crippen molar-refractivity contribution in [2.45, 2.75) is 20.4 Å². The largest absolute Gasteiger partial charge is 0.366 e. The second-order valence-corrected chi connectivity index (χ2v) is 6.61. The average molecular weight is 358 g/mol. The molecule has 0 saturated heterocycles. The molecule has 0 atom stereocenters. The maximum absolute atomic E-state index is 12.4. The maximum atomic E-state index is 12.4. The third kappa shape index (κ3) is 4.23. The number of nitrogens with one attached hydrogen (secondary N) is 1. The molecule has 0 bridgehead atoms. The topological polar surface area (TPSA) is 72.2 Å². The quantitative estimate of drug-likeness (QED) is 0.723. The fraction of sp³-hybridized carbons (Fsp3) is 0.130. The molecule has 3 rings (SSSR count). The molecule has 0 aliphatic carbocycles. The van der Waals surface area contributed by atoms with Crippen LogP contribution in [-0.4, -0.2) is 11.8 Å². The Balaban J connectivity index is 1.78. The van der Waals surface area contributed by atoms with Gasteiger partial charge in [0.2, 0.25) is 5.91 Å². The minimum Gasteiger partial charge on any atom is -0.366 e. The van der Waals surface area contributed by atoms with Gasteiger partial charge in [-0.3, -0.25) is 9.59 Å². The molecule has 0 fully saturated rings. The smallest absolute Gasteiger partial charge is 0.251 e. The lowest BCUT2D eigenvalue weighted by atomic mass is 9.94. The van der Waals surface area contributed by atoms with Crippen LogP contribution in [0.15, 0.2) is 66.7 Å². The van der Waals surface area contributed by atoms with E-state index in [0.29, 0.717) is 17.7 Å². The molecule has 0 aromatic heterocycles. The molecule has 0 aliphatic heterocycles. The van der Waals surface area contributed by atoms with E-state index in [0.717, 1.165) is 27.8 Å². The van der Waals surface area contributed by atoms with Crippen molar-refractivity contribution in [3.05, 3.63) is 94.5 Å². The van der Waals surface area contributed by atoms with Gasteiger partial charge >= 0.3 is 0 Å². The van der Waals surface area contributed by atoms with Crippen LogP contribution in [-0.2, 0) is 6.54 Å². The second kappa shape index (κ2) is 7.87. The normalized spacial score (nSPS) is 10.4. The van der Waals surface area contributed by atoms with E-state index in [4.69, 9.17) is 5.73 Å². The van der Waals surface area contributed by atoms with Crippen LogP contribution in [0.1, 0.15) is 37.4 Å². The Morgan fingerprint density at radius 3 is 2.30 bits per heavy atom. The van der Waals surface area contributed by atoms with Gasteiger partial charge < -0.3 is 11.1 Å². The van der Waals surface area contributed by atoms with Crippen LogP contribution in [0.25, 0.3) is 11.1 Å². The zero-order chi connectivity index (χ0) is 19.4. The predicted octanol–water partition coefficient (Wildman–Crippen LogP) is 4.00. The molecule has 0 heterocycles. The summed E-state index contributed by atoms with van der Waals surface area (Å²) in [5.41, 5.74) is 11.4. The highest BCUT2D eigenvalue weighted by Crippen LogP contribution is 2.27. The second-order valence-electron chi connectivity index (χ2n) is 6.61. The molecule has 27 heavy (non-hydrogen) atoms. The number of nitrogens with two attached hydrogens (primary N) is 1. The van der Waals surface area contributed by atoms with E-state index >= 15 is 0 Å². The molecular weight excluding hydrogens is 336 g/mol. The standard InChI is InChI=1S/C23H22N2O2/c1-15-5-3-7-17(13-15)14-25-23(27)19-11-9-18(10-12-19)21-16(2)6-4-8-20(21)22(24)26/h3-13H,14H2,1-2H3,(H2,24,26)(H,25,27). The highest BCUT2D eigenvalue weighted by Gasteiger charge is 2.13. The van der Waals surface area contributed by atoms with Crippen LogP contribution >= 0.6 is 0 Å². The number of hydrogen-bond donors (Lipinski definition) is 2. The molecule has 136 valence electrons. The zero-order valence-electron chi connectivity index (χ0n) is 15.5. The lowest BCUT2D eigenvalue weighted by Gasteiger charge is -2.11. The van der Waals surface area contributed by atoms with Crippen LogP contribution in [0, 0.1) is 13.8 Å². The molecule has 2 amide bonds. The molecule has 3 aromatic rings. The Morgan fingerprint density at radius 1 is 0.926 bits per heavy atom. The molecule has 3 N–H and O–H groups in total. The average Bonchev–Trinajstić information content (AvgIpc) is 2.66. The van der Waals surface area contributed by atoms with Gasteiger partial charge in [0.1, 0.15) is 0 Å². The Morgan fingerprint density at radius 2 is 1.63 bits per heavy atom. The summed E-state index contributed by atoms with van der Waals surface area (Å²) in [5.74, 6) is -0.600. The summed E-state index contributed by atoms with van der Waals surface area (Å²) < 4.78 is 0. The van der Waals surface area contributed by atoms with Crippen molar-refractivity contribution in [2.24, 2.45) is 5.73 Å². The molecule has 3 aromatic carbocycles. The number of amides is 2. The number of primary amides is 1. The van der Waals surface area contributed by atoms with Crippen molar-refractivity contribution in [3.8, 4) is 11.1 Å². The van der Waals surface area contributed by atoms with Gasteiger partial charge in [-0.15, -0.1) is 0 Å². The van der Waals surface area contributed by atoms with Gasteiger partial charge in [0.15, 0.2) is 0 Å². The summed E-state index contributed by atoms with van der Waals surface area (Å²) in [6.45, 7) is 4.44. The SMILES string of the molecule is Cc1cccc(CNC(=O)c2ccc(-c3c(C)cccc3C(N)=O)cc2)c1. The van der Waals surface area contributed by atoms with Crippen molar-refractivity contribution in [1.29, 1.82) is 0 Å². The summed E-state index contributed by atoms with van der Waals surface area (Å²) in [6.07, 6.45) is 0. The van der Waals surface area contributed by atoms with Crippen molar-refractivity contribution in [1.82, 2.24) is 5.32 Å². The molecule has 0 unspecified atom stereocenters. The molecule has 4 nitrogen and oxygen atoms in total. The van der Waals surface area contributed by atoms with Gasteiger partial charge in [0, 0.05) is 17.7 Å². The lowest BCUT2D eigenvalue weighted by molar-refractivity contribution is 0.0949. The van der Waals surface area contributed by atoms with Gasteiger partial charge in [0.25, 0.3) is 5.91 Å². The van der Waals surface area contributed by atoms with Crippen LogP contribution < -0.4 is 11.1 Å². The van der Waals surface area contributed by atoms with Gasteiger partial charge in [-0.05, 0) is 54.3 Å². The molecular formula is C23H22N2O2. The summed E-state index contributed by atoms with van der Waals surface area (Å²) in [6, 6.07) is 20.7. The first-order valence-corrected chi connectivity index (χ1v) is 8.79. The number of aryl methyl sites for hydroxylation is 2. The van der Waals surface area contributed by atoms with Gasteiger partial charge in [-0.25, -0.2) is 0 Å². The summed E-state index contributed by atoms with van der Waals surface area (Å²) in [5, 5.41) is 2.93. The van der Waals surface area contributed by atoms with E-state index in [1.54, 1.807) is 18.2 Å². The van der Waals surface area contributed by atoms with E-state index in [1.165, 1.54) is 0 Å². The molecule has 4 heteroatoms. The summed E-state index contributed by atoms with van der Waals surface area (Å²) >= 11 is 0. The Labute approximate surface area is 159 Å². The Kier molecular flexibility index (Phi) is 5.36. The number of carbonyl (C=O) groups is 2. The summed E-state index contributed by atoms with van der Waals surface area (Å²) in [4.78, 5) is 24.1. The van der Waals surface area contributed by atoms with E-state index in [9.17, 15) is 9.59 Å². The van der Waals surface area contributed by atoms with Gasteiger partial charge in [0.05, 0.1) is 0 Å². The number of hydrogen-bond acceptors (Lipinski definition) is 2. The first-order valence-electron chi connectivity index (χ1n) is 8.79. The van der Waals surface area contributed by atoms with Gasteiger partial charge in [-0.2, -0.15) is 0 Å². The minimum absolute atomic E-state index is 0.136. The fourth-order valence-electron chi connectivity index (χ4n) is 3.15. The Bertz CT molecular complexity index is 992. The molecule has 0 aliphatic rings. The minimum atomic E-state index is -0.464. The third-order valence-electron chi connectivity index (χ3n) is 4.51. The van der Waals surface area contributed by atoms with Crippen molar-refractivity contribution < 1.29 is 9.59 Å². The van der Waals surface area contributed by atoms with Crippen molar-refractivity contribution in [2.75, 3.05) is 0 Å². The van der Waals surface area contributed by atoms with Crippen LogP contribution in [0.5, 0.6) is 0 Å². The van der Waals surface area contributed by atoms with E-state index in [2.05, 4.69) is 5.32 Å². The van der Waals surface area contributed by atoms with E-state index < -0.39 is 5.91 Å². The molecule has 0 saturated carbocycles. The number of carbonyl (C=O) groups excluding carboxylic acids is 2. The van der Waals surface area contributed by atoms with Crippen LogP contribution in [0.4, 0.5) is 0 Å². The highest BCUT2D eigenvalue weighted by molar-refractivity contribution is 6.01. The first kappa shape index (κ1) is 18.4. The lowest BCUT2D eigenvalue weighted by Crippen LogP contribution is -2.22. The maximum Gasteiger partial charge on any atom is 0.251 e. The van der Waals surface area contributed by atoms with E-state index in [1.807, 2.05) is 62.4 Å². The van der Waals surface area contributed by atoms with Crippen molar-refractivity contribution in [3.63, 3.8) is 0 Å². The number of rotatable bonds is 5. The highest BCUT2D eigenvalue weighted by atomic mass is 16.2. The third-order valence-corrected chi connectivity index (χ3v) is 4.51. The summed E-state index contributed by atoms with van der Waals surface area (Å²) in [7, 11) is 0. The first-order chi connectivity index (χ1) is 13.0. The number of benzene rings is 3. The fourth-order valence-corrected chi connectivity index (χ4v) is 3.15. The zero-order valence-corrected chi connectivity index (χ0v) is 15.5. The Hall–Kier alpha value is -3.40. The van der Waals surface area contributed by atoms with Gasteiger partial charge in [-0.1, -0.05) is 54.1 Å². The van der Waals surface area contributed by atoms with Crippen LogP contribution in [0.2, 0.25) is 0 Å². The van der Waals surface area contributed by atoms with Crippen LogP contribution in [0.3, 0.4) is 0 Å². The van der Waals surface area contributed by atoms with E-state index in [-0.39, 0.29) is 5.91 Å². The molecule has 0 spiro atoms.